The van der Waals surface area contributed by atoms with Crippen LogP contribution < -0.4 is 0 Å². The number of unbranched alkanes of at least 4 members (excludes halogenated alkanes) is 2. The van der Waals surface area contributed by atoms with Gasteiger partial charge in [-0.1, -0.05) is 31.4 Å². The van der Waals surface area contributed by atoms with Gasteiger partial charge in [-0.25, -0.2) is 4.39 Å². The number of halogens is 5. The summed E-state index contributed by atoms with van der Waals surface area (Å²) in [6, 6.07) is 0. The summed E-state index contributed by atoms with van der Waals surface area (Å²) in [4.78, 5) is 0. The second kappa shape index (κ2) is 6.87. The van der Waals surface area contributed by atoms with Crippen LogP contribution in [0.15, 0.2) is 22.8 Å². The molecule has 0 N–H and O–H groups in total. The predicted molar refractivity (Wildman–Crippen MR) is 48.5 cm³/mol. The van der Waals surface area contributed by atoms with Crippen LogP contribution in [-0.2, 0) is 0 Å². The van der Waals surface area contributed by atoms with Crippen molar-refractivity contribution in [2.45, 2.75) is 32.6 Å². The van der Waals surface area contributed by atoms with E-state index in [1.54, 1.807) is 0 Å². The highest BCUT2D eigenvalue weighted by atomic mass is 35.5. The molecule has 0 saturated carbocycles. The summed E-state index contributed by atoms with van der Waals surface area (Å²) in [6.07, 6.45) is -0.616. The second-order valence-electron chi connectivity index (χ2n) is 2.75. The third-order valence-electron chi connectivity index (χ3n) is 1.60. The highest BCUT2D eigenvalue weighted by Gasteiger charge is 2.14. The van der Waals surface area contributed by atoms with Gasteiger partial charge in [-0.05, 0) is 6.42 Å². The molecule has 0 amide bonds. The van der Waals surface area contributed by atoms with E-state index < -0.39 is 22.8 Å². The normalized spacial score (nSPS) is 12.4. The first-order chi connectivity index (χ1) is 6.50. The summed E-state index contributed by atoms with van der Waals surface area (Å²) in [7, 11) is 0. The molecule has 0 aromatic carbocycles. The van der Waals surface area contributed by atoms with E-state index in [4.69, 9.17) is 11.6 Å². The van der Waals surface area contributed by atoms with Gasteiger partial charge in [-0.3, -0.25) is 0 Å². The van der Waals surface area contributed by atoms with Crippen LogP contribution in [0.25, 0.3) is 0 Å². The van der Waals surface area contributed by atoms with Gasteiger partial charge in [0.15, 0.2) is 0 Å². The van der Waals surface area contributed by atoms with E-state index in [2.05, 4.69) is 0 Å². The second-order valence-corrected chi connectivity index (χ2v) is 3.13. The van der Waals surface area contributed by atoms with Crippen molar-refractivity contribution < 1.29 is 17.6 Å². The van der Waals surface area contributed by atoms with Crippen LogP contribution in [0.3, 0.4) is 0 Å². The van der Waals surface area contributed by atoms with E-state index in [9.17, 15) is 17.6 Å². The minimum absolute atomic E-state index is 0.104. The lowest BCUT2D eigenvalue weighted by Gasteiger charge is -1.99. The zero-order valence-electron chi connectivity index (χ0n) is 7.72. The number of hydrogen-bond donors (Lipinski definition) is 0. The van der Waals surface area contributed by atoms with E-state index in [0.717, 1.165) is 12.8 Å². The molecule has 0 heterocycles. The van der Waals surface area contributed by atoms with Gasteiger partial charge in [0.05, 0.1) is 0 Å². The molecule has 5 heteroatoms. The molecule has 0 nitrogen and oxygen atoms in total. The minimum Gasteiger partial charge on any atom is -0.210 e. The summed E-state index contributed by atoms with van der Waals surface area (Å²) in [5.41, 5.74) is 0. The van der Waals surface area contributed by atoms with Gasteiger partial charge in [-0.15, -0.1) is 0 Å². The van der Waals surface area contributed by atoms with Crippen molar-refractivity contribution in [3.05, 3.63) is 22.8 Å². The lowest BCUT2D eigenvalue weighted by molar-refractivity contribution is 0.384. The van der Waals surface area contributed by atoms with Gasteiger partial charge in [0, 0.05) is 6.42 Å². The maximum absolute atomic E-state index is 12.9. The van der Waals surface area contributed by atoms with Crippen LogP contribution in [0.2, 0.25) is 0 Å². The highest BCUT2D eigenvalue weighted by molar-refractivity contribution is 6.32. The summed E-state index contributed by atoms with van der Waals surface area (Å²) < 4.78 is 48.5. The third-order valence-corrected chi connectivity index (χ3v) is 1.97. The van der Waals surface area contributed by atoms with Crippen LogP contribution in [0.1, 0.15) is 32.6 Å². The summed E-state index contributed by atoms with van der Waals surface area (Å²) in [5.74, 6) is -2.99. The zero-order chi connectivity index (χ0) is 11.1. The largest absolute Gasteiger partial charge is 0.307 e. The Morgan fingerprint density at radius 1 is 1.07 bits per heavy atom. The molecule has 0 aromatic rings. The Hall–Kier alpha value is -0.510. The molecule has 0 unspecified atom stereocenters. The van der Waals surface area contributed by atoms with Crippen LogP contribution in [0.4, 0.5) is 17.6 Å². The molecule has 0 saturated heterocycles. The van der Waals surface area contributed by atoms with Crippen molar-refractivity contribution in [1.82, 2.24) is 0 Å². The molecule has 0 fully saturated rings. The van der Waals surface area contributed by atoms with E-state index >= 15 is 0 Å². The molecule has 82 valence electrons. The molecule has 0 aliphatic rings. The van der Waals surface area contributed by atoms with Crippen molar-refractivity contribution in [3.8, 4) is 0 Å². The quantitative estimate of drug-likeness (QED) is 0.352. The first-order valence-electron chi connectivity index (χ1n) is 4.26. The van der Waals surface area contributed by atoms with Crippen molar-refractivity contribution in [2.24, 2.45) is 0 Å². The van der Waals surface area contributed by atoms with E-state index in [1.165, 1.54) is 0 Å². The summed E-state index contributed by atoms with van der Waals surface area (Å²) >= 11 is 5.05. The fourth-order valence-electron chi connectivity index (χ4n) is 0.842. The van der Waals surface area contributed by atoms with Crippen LogP contribution in [-0.4, -0.2) is 0 Å². The van der Waals surface area contributed by atoms with E-state index in [0.29, 0.717) is 6.42 Å². The zero-order valence-corrected chi connectivity index (χ0v) is 8.47. The van der Waals surface area contributed by atoms with Crippen LogP contribution in [0.5, 0.6) is 0 Å². The summed E-state index contributed by atoms with van der Waals surface area (Å²) in [6.45, 7) is 1.91. The monoisotopic (exact) mass is 230 g/mol. The summed E-state index contributed by atoms with van der Waals surface area (Å²) in [5, 5.41) is -1.11. The Morgan fingerprint density at radius 2 is 1.64 bits per heavy atom. The lowest BCUT2D eigenvalue weighted by Crippen LogP contribution is -1.84. The number of allylic oxidation sites excluding steroid dienone is 3. The van der Waals surface area contributed by atoms with E-state index in [1.807, 2.05) is 6.92 Å². The van der Waals surface area contributed by atoms with Gasteiger partial charge in [-0.2, -0.15) is 13.2 Å². The Morgan fingerprint density at radius 3 is 2.07 bits per heavy atom. The topological polar surface area (TPSA) is 0 Å². The number of rotatable bonds is 5. The Balaban J connectivity index is 4.37. The minimum atomic E-state index is -2.60. The maximum atomic E-state index is 12.9. The van der Waals surface area contributed by atoms with Crippen LogP contribution >= 0.6 is 11.6 Å². The van der Waals surface area contributed by atoms with Crippen molar-refractivity contribution in [2.75, 3.05) is 0 Å². The average molecular weight is 231 g/mol. The molecule has 0 atom stereocenters. The molecular weight excluding hydrogens is 220 g/mol. The van der Waals surface area contributed by atoms with Gasteiger partial charge >= 0.3 is 6.08 Å². The lowest BCUT2D eigenvalue weighted by atomic mass is 10.2. The fraction of sp³-hybridized carbons (Fsp3) is 0.556. The van der Waals surface area contributed by atoms with E-state index in [-0.39, 0.29) is 6.42 Å². The first-order valence-corrected chi connectivity index (χ1v) is 4.63. The fourth-order valence-corrected chi connectivity index (χ4v) is 1.01. The maximum Gasteiger partial charge on any atom is 0.307 e. The molecule has 0 radical (unpaired) electrons. The van der Waals surface area contributed by atoms with Crippen molar-refractivity contribution >= 4 is 11.6 Å². The molecular formula is C9H11ClF4. The Labute approximate surface area is 85.2 Å². The standard InChI is InChI=1S/C9H11ClF4/c1-2-3-4-5-6(11)7(10)8(12)9(13)14/h2-5H2,1H3/b7-6+. The molecule has 0 spiro atoms. The number of hydrogen-bond acceptors (Lipinski definition) is 0. The van der Waals surface area contributed by atoms with Crippen molar-refractivity contribution in [3.63, 3.8) is 0 Å². The smallest absolute Gasteiger partial charge is 0.210 e. The molecule has 0 aromatic heterocycles. The predicted octanol–water partition coefficient (Wildman–Crippen LogP) is 5.06. The SMILES string of the molecule is CCCCC/C(F)=C(\Cl)C(F)=C(F)F. The highest BCUT2D eigenvalue weighted by Crippen LogP contribution is 2.28. The first kappa shape index (κ1) is 13.5. The molecule has 0 aliphatic heterocycles. The molecule has 14 heavy (non-hydrogen) atoms. The Kier molecular flexibility index (Phi) is 6.62. The third kappa shape index (κ3) is 4.65. The van der Waals surface area contributed by atoms with Crippen molar-refractivity contribution in [1.29, 1.82) is 0 Å². The molecule has 0 bridgehead atoms. The Bertz CT molecular complexity index is 241. The van der Waals surface area contributed by atoms with Gasteiger partial charge in [0.1, 0.15) is 10.9 Å². The van der Waals surface area contributed by atoms with Gasteiger partial charge in [0.2, 0.25) is 5.83 Å². The van der Waals surface area contributed by atoms with Gasteiger partial charge < -0.3 is 0 Å². The molecule has 0 rings (SSSR count). The van der Waals surface area contributed by atoms with Gasteiger partial charge in [0.25, 0.3) is 0 Å². The van der Waals surface area contributed by atoms with Crippen LogP contribution in [0, 0.1) is 0 Å². The molecule has 0 aliphatic carbocycles. The average Bonchev–Trinajstić information content (AvgIpc) is 2.15.